The molecular formula is C13H12BrN. The molecule has 0 saturated heterocycles. The number of aromatic nitrogens is 1. The highest BCUT2D eigenvalue weighted by atomic mass is 79.9. The number of benzene rings is 1. The van der Waals surface area contributed by atoms with Gasteiger partial charge in [-0.15, -0.1) is 0 Å². The molecule has 0 N–H and O–H groups in total. The molecule has 0 unspecified atom stereocenters. The molecular weight excluding hydrogens is 250 g/mol. The smallest absolute Gasteiger partial charge is 0.0520 e. The zero-order valence-corrected chi connectivity index (χ0v) is 10.6. The van der Waals surface area contributed by atoms with Crippen LogP contribution in [0, 0.1) is 24.6 Å². The molecule has 0 bridgehead atoms. The van der Waals surface area contributed by atoms with Gasteiger partial charge in [0.1, 0.15) is 0 Å². The van der Waals surface area contributed by atoms with Crippen molar-refractivity contribution in [1.29, 1.82) is 0 Å². The quantitative estimate of drug-likeness (QED) is 0.640. The molecule has 0 saturated carbocycles. The third-order valence-corrected chi connectivity index (χ3v) is 2.91. The van der Waals surface area contributed by atoms with Crippen molar-refractivity contribution in [3.05, 3.63) is 35.0 Å². The fraction of sp³-hybridized carbons (Fsp3) is 0.231. The van der Waals surface area contributed by atoms with Crippen LogP contribution in [0.2, 0.25) is 0 Å². The van der Waals surface area contributed by atoms with Crippen LogP contribution in [0.25, 0.3) is 10.9 Å². The number of halogens is 1. The third kappa shape index (κ3) is 1.57. The molecule has 1 aromatic carbocycles. The maximum absolute atomic E-state index is 3.16. The lowest BCUT2D eigenvalue weighted by Crippen LogP contribution is -1.91. The minimum absolute atomic E-state index is 1.12. The van der Waals surface area contributed by atoms with Crippen LogP contribution >= 0.6 is 15.9 Å². The minimum Gasteiger partial charge on any atom is -0.350 e. The molecule has 1 aromatic heterocycles. The zero-order valence-electron chi connectivity index (χ0n) is 9.06. The molecule has 1 nitrogen and oxygen atoms in total. The van der Waals surface area contributed by atoms with Crippen molar-refractivity contribution >= 4 is 26.8 Å². The van der Waals surface area contributed by atoms with Crippen LogP contribution in [-0.2, 0) is 7.05 Å². The predicted octanol–water partition coefficient (Wildman–Crippen LogP) is 3.50. The van der Waals surface area contributed by atoms with Gasteiger partial charge in [-0.1, -0.05) is 12.0 Å². The summed E-state index contributed by atoms with van der Waals surface area (Å²) in [7, 11) is 2.07. The number of nitrogens with zero attached hydrogens (tertiary/aromatic N) is 1. The van der Waals surface area contributed by atoms with E-state index in [1.165, 1.54) is 22.0 Å². The van der Waals surface area contributed by atoms with Crippen LogP contribution in [0.1, 0.15) is 16.7 Å². The van der Waals surface area contributed by atoms with Crippen molar-refractivity contribution in [1.82, 2.24) is 4.57 Å². The first kappa shape index (κ1) is 10.3. The van der Waals surface area contributed by atoms with Gasteiger partial charge >= 0.3 is 0 Å². The minimum atomic E-state index is 1.12. The van der Waals surface area contributed by atoms with E-state index in [-0.39, 0.29) is 0 Å². The number of hydrogen-bond donors (Lipinski definition) is 0. The molecule has 76 valence electrons. The summed E-state index contributed by atoms with van der Waals surface area (Å²) in [5.74, 6) is 3.11. The summed E-state index contributed by atoms with van der Waals surface area (Å²) >= 11 is 3.16. The van der Waals surface area contributed by atoms with Crippen molar-refractivity contribution in [2.45, 2.75) is 13.8 Å². The van der Waals surface area contributed by atoms with Crippen LogP contribution < -0.4 is 0 Å². The first-order valence-corrected chi connectivity index (χ1v) is 5.61. The van der Waals surface area contributed by atoms with E-state index in [4.69, 9.17) is 0 Å². The lowest BCUT2D eigenvalue weighted by Gasteiger charge is -2.06. The Hall–Kier alpha value is -1.20. The van der Waals surface area contributed by atoms with E-state index >= 15 is 0 Å². The number of fused-ring (bicyclic) bond motifs is 1. The van der Waals surface area contributed by atoms with E-state index in [0.717, 1.165) is 5.56 Å². The first-order chi connectivity index (χ1) is 7.15. The Kier molecular flexibility index (Phi) is 2.58. The highest BCUT2D eigenvalue weighted by Gasteiger charge is 2.08. The molecule has 0 aliphatic carbocycles. The SMILES string of the molecule is Cc1cc(C)c2c(ccn2C)c1C#CBr. The van der Waals surface area contributed by atoms with Crippen molar-refractivity contribution in [3.63, 3.8) is 0 Å². The molecule has 0 atom stereocenters. The van der Waals surface area contributed by atoms with Crippen molar-refractivity contribution in [3.8, 4) is 10.8 Å². The number of hydrogen-bond acceptors (Lipinski definition) is 0. The van der Waals surface area contributed by atoms with E-state index < -0.39 is 0 Å². The molecule has 1 heterocycles. The van der Waals surface area contributed by atoms with E-state index in [2.05, 4.69) is 70.5 Å². The molecule has 2 rings (SSSR count). The van der Waals surface area contributed by atoms with Gasteiger partial charge in [0.15, 0.2) is 0 Å². The summed E-state index contributed by atoms with van der Waals surface area (Å²) in [6.07, 6.45) is 2.08. The summed E-state index contributed by atoms with van der Waals surface area (Å²) in [6, 6.07) is 4.32. The second-order valence-electron chi connectivity index (χ2n) is 3.79. The van der Waals surface area contributed by atoms with Gasteiger partial charge in [-0.05, 0) is 35.9 Å². The van der Waals surface area contributed by atoms with Gasteiger partial charge < -0.3 is 4.57 Å². The molecule has 0 spiro atoms. The zero-order chi connectivity index (χ0) is 11.0. The van der Waals surface area contributed by atoms with Crippen LogP contribution in [0.3, 0.4) is 0 Å². The maximum atomic E-state index is 3.16. The molecule has 15 heavy (non-hydrogen) atoms. The van der Waals surface area contributed by atoms with Crippen LogP contribution in [-0.4, -0.2) is 4.57 Å². The fourth-order valence-electron chi connectivity index (χ4n) is 2.11. The van der Waals surface area contributed by atoms with Crippen LogP contribution in [0.5, 0.6) is 0 Å². The maximum Gasteiger partial charge on any atom is 0.0520 e. The van der Waals surface area contributed by atoms with E-state index in [0.29, 0.717) is 0 Å². The number of rotatable bonds is 0. The highest BCUT2D eigenvalue weighted by molar-refractivity contribution is 9.12. The normalized spacial score (nSPS) is 10.1. The average Bonchev–Trinajstić information content (AvgIpc) is 2.55. The van der Waals surface area contributed by atoms with E-state index in [1.807, 2.05) is 0 Å². The Bertz CT molecular complexity index is 582. The Morgan fingerprint density at radius 2 is 2.00 bits per heavy atom. The van der Waals surface area contributed by atoms with Gasteiger partial charge in [0.2, 0.25) is 0 Å². The number of aryl methyl sites for hydroxylation is 3. The molecule has 2 aromatic rings. The van der Waals surface area contributed by atoms with E-state index in [9.17, 15) is 0 Å². The van der Waals surface area contributed by atoms with Crippen LogP contribution in [0.15, 0.2) is 18.3 Å². The average molecular weight is 262 g/mol. The first-order valence-electron chi connectivity index (χ1n) is 4.82. The second-order valence-corrected chi connectivity index (χ2v) is 4.19. The topological polar surface area (TPSA) is 4.93 Å². The third-order valence-electron chi connectivity index (χ3n) is 2.72. The van der Waals surface area contributed by atoms with Crippen molar-refractivity contribution in [2.75, 3.05) is 0 Å². The monoisotopic (exact) mass is 261 g/mol. The summed E-state index contributed by atoms with van der Waals surface area (Å²) < 4.78 is 2.14. The Morgan fingerprint density at radius 1 is 1.27 bits per heavy atom. The summed E-state index contributed by atoms with van der Waals surface area (Å²) in [5.41, 5.74) is 4.92. The molecule has 2 heteroatoms. The lowest BCUT2D eigenvalue weighted by molar-refractivity contribution is 0.964. The Morgan fingerprint density at radius 3 is 2.67 bits per heavy atom. The van der Waals surface area contributed by atoms with Gasteiger partial charge in [0, 0.05) is 40.1 Å². The predicted molar refractivity (Wildman–Crippen MR) is 68.2 cm³/mol. The summed E-state index contributed by atoms with van der Waals surface area (Å²) in [6.45, 7) is 4.24. The molecule has 0 aliphatic heterocycles. The van der Waals surface area contributed by atoms with Crippen molar-refractivity contribution in [2.24, 2.45) is 7.05 Å². The van der Waals surface area contributed by atoms with Gasteiger partial charge in [0.05, 0.1) is 5.52 Å². The van der Waals surface area contributed by atoms with Crippen molar-refractivity contribution < 1.29 is 0 Å². The Balaban J connectivity index is 2.95. The molecule has 0 radical (unpaired) electrons. The lowest BCUT2D eigenvalue weighted by atomic mass is 10.0. The molecule has 0 fully saturated rings. The molecule has 0 aliphatic rings. The van der Waals surface area contributed by atoms with Gasteiger partial charge in [-0.2, -0.15) is 0 Å². The second kappa shape index (κ2) is 3.75. The van der Waals surface area contributed by atoms with Crippen LogP contribution in [0.4, 0.5) is 0 Å². The standard InChI is InChI=1S/C13H12BrN/c1-9-8-10(2)13-12(5-7-15(13)3)11(9)4-6-14/h5,7-8H,1-3H3. The van der Waals surface area contributed by atoms with E-state index in [1.54, 1.807) is 0 Å². The van der Waals surface area contributed by atoms with Gasteiger partial charge in [0.25, 0.3) is 0 Å². The summed E-state index contributed by atoms with van der Waals surface area (Å²) in [4.78, 5) is 2.80. The largest absolute Gasteiger partial charge is 0.350 e. The highest BCUT2D eigenvalue weighted by Crippen LogP contribution is 2.25. The fourth-order valence-corrected chi connectivity index (χ4v) is 2.31. The summed E-state index contributed by atoms with van der Waals surface area (Å²) in [5, 5.41) is 1.24. The molecule has 0 amide bonds. The van der Waals surface area contributed by atoms with Gasteiger partial charge in [-0.25, -0.2) is 0 Å². The Labute approximate surface area is 98.2 Å². The van der Waals surface area contributed by atoms with Gasteiger partial charge in [-0.3, -0.25) is 0 Å².